The minimum atomic E-state index is -0.737. The van der Waals surface area contributed by atoms with Crippen molar-refractivity contribution in [2.45, 2.75) is 65.8 Å². The number of carbonyl (C=O) groups excluding carboxylic acids is 2. The molecule has 3 rings (SSSR count). The van der Waals surface area contributed by atoms with Gasteiger partial charge in [-0.15, -0.1) is 0 Å². The second-order valence-corrected chi connectivity index (χ2v) is 8.66. The Balaban J connectivity index is 1.59. The molecule has 1 saturated carbocycles. The van der Waals surface area contributed by atoms with Crippen molar-refractivity contribution in [3.63, 3.8) is 0 Å². The number of piperidine rings is 1. The van der Waals surface area contributed by atoms with Gasteiger partial charge in [0.1, 0.15) is 11.6 Å². The maximum atomic E-state index is 12.6. The van der Waals surface area contributed by atoms with Crippen LogP contribution in [0.2, 0.25) is 0 Å². The molecule has 0 radical (unpaired) electrons. The van der Waals surface area contributed by atoms with Crippen LogP contribution in [0.15, 0.2) is 11.6 Å². The maximum Gasteiger partial charge on any atom is 0.349 e. The van der Waals surface area contributed by atoms with Crippen molar-refractivity contribution in [3.05, 3.63) is 28.6 Å². The molecule has 2 aliphatic rings. The number of nitriles is 1. The first-order valence-corrected chi connectivity index (χ1v) is 11.2. The minimum absolute atomic E-state index is 0.0782. The fourth-order valence-electron chi connectivity index (χ4n) is 4.96. The van der Waals surface area contributed by atoms with Crippen LogP contribution < -0.4 is 0 Å². The van der Waals surface area contributed by atoms with Crippen molar-refractivity contribution in [2.24, 2.45) is 11.8 Å². The number of likely N-dealkylation sites (tertiary alicyclic amines) is 1. The van der Waals surface area contributed by atoms with Crippen LogP contribution in [0.4, 0.5) is 0 Å². The van der Waals surface area contributed by atoms with Crippen LogP contribution in [-0.2, 0) is 20.9 Å². The molecule has 0 bridgehead atoms. The summed E-state index contributed by atoms with van der Waals surface area (Å²) in [5.41, 5.74) is 2.86. The predicted molar refractivity (Wildman–Crippen MR) is 115 cm³/mol. The first kappa shape index (κ1) is 22.1. The van der Waals surface area contributed by atoms with E-state index in [1.165, 1.54) is 25.7 Å². The third-order valence-electron chi connectivity index (χ3n) is 6.67. The number of ether oxygens (including phenoxy) is 1. The largest absolute Gasteiger partial charge is 0.451 e. The molecule has 2 atom stereocenters. The number of nitrogens with zero attached hydrogens (tertiary/aromatic N) is 3. The number of amides is 1. The molecule has 162 valence electrons. The van der Waals surface area contributed by atoms with Crippen molar-refractivity contribution in [3.8, 4) is 6.07 Å². The first-order chi connectivity index (χ1) is 14.4. The lowest BCUT2D eigenvalue weighted by Gasteiger charge is -2.41. The number of hydrogen-bond acceptors (Lipinski definition) is 4. The number of fused-ring (bicyclic) bond motifs is 1. The molecular weight excluding hydrogens is 378 g/mol. The molecule has 1 aliphatic heterocycles. The van der Waals surface area contributed by atoms with Crippen LogP contribution >= 0.6 is 0 Å². The molecule has 0 spiro atoms. The van der Waals surface area contributed by atoms with Gasteiger partial charge >= 0.3 is 5.97 Å². The lowest BCUT2D eigenvalue weighted by Crippen LogP contribution is -2.46. The molecule has 1 saturated heterocycles. The number of aromatic nitrogens is 1. The van der Waals surface area contributed by atoms with Crippen LogP contribution in [0.5, 0.6) is 0 Å². The molecule has 0 aromatic carbocycles. The summed E-state index contributed by atoms with van der Waals surface area (Å²) in [5.74, 6) is 0.426. The number of rotatable bonds is 6. The van der Waals surface area contributed by atoms with E-state index in [9.17, 15) is 14.9 Å². The van der Waals surface area contributed by atoms with E-state index in [0.29, 0.717) is 5.92 Å². The topological polar surface area (TPSA) is 75.3 Å². The summed E-state index contributed by atoms with van der Waals surface area (Å²) in [6.45, 7) is 8.20. The summed E-state index contributed by atoms with van der Waals surface area (Å²) in [6, 6.07) is 3.90. The van der Waals surface area contributed by atoms with E-state index in [2.05, 4.69) is 11.5 Å². The molecule has 1 aromatic rings. The highest BCUT2D eigenvalue weighted by Gasteiger charge is 2.33. The molecule has 1 amide bonds. The lowest BCUT2D eigenvalue weighted by molar-refractivity contribution is -0.150. The van der Waals surface area contributed by atoms with Gasteiger partial charge in [-0.1, -0.05) is 26.2 Å². The van der Waals surface area contributed by atoms with Gasteiger partial charge in [0.2, 0.25) is 0 Å². The summed E-state index contributed by atoms with van der Waals surface area (Å²) < 4.78 is 7.39. The molecular formula is C24H33N3O3. The van der Waals surface area contributed by atoms with E-state index in [0.717, 1.165) is 55.3 Å². The number of hydrogen-bond donors (Lipinski definition) is 0. The molecule has 0 N–H and O–H groups in total. The van der Waals surface area contributed by atoms with Crippen molar-refractivity contribution in [1.82, 2.24) is 9.47 Å². The summed E-state index contributed by atoms with van der Waals surface area (Å²) >= 11 is 0. The molecule has 6 heteroatoms. The van der Waals surface area contributed by atoms with E-state index >= 15 is 0 Å². The number of carbonyl (C=O) groups is 2. The SMILES string of the molecule is CCCn1c(C)cc(/C=C(\C#N)C(=O)OCC(=O)N2CC[C@@H]3CCCC[C@@H]3C2)c1C. The highest BCUT2D eigenvalue weighted by Crippen LogP contribution is 2.36. The first-order valence-electron chi connectivity index (χ1n) is 11.2. The van der Waals surface area contributed by atoms with Crippen molar-refractivity contribution in [2.75, 3.05) is 19.7 Å². The highest BCUT2D eigenvalue weighted by molar-refractivity contribution is 5.99. The van der Waals surface area contributed by atoms with Gasteiger partial charge < -0.3 is 14.2 Å². The zero-order chi connectivity index (χ0) is 21.7. The fraction of sp³-hybridized carbons (Fsp3) is 0.625. The van der Waals surface area contributed by atoms with Crippen LogP contribution in [0, 0.1) is 37.0 Å². The third-order valence-corrected chi connectivity index (χ3v) is 6.67. The molecule has 1 aliphatic carbocycles. The van der Waals surface area contributed by atoms with Crippen LogP contribution in [0.1, 0.15) is 62.4 Å². The van der Waals surface area contributed by atoms with Crippen LogP contribution in [0.25, 0.3) is 6.08 Å². The molecule has 2 fully saturated rings. The average Bonchev–Trinajstić information content (AvgIpc) is 3.02. The van der Waals surface area contributed by atoms with Gasteiger partial charge in [-0.05, 0) is 62.7 Å². The Labute approximate surface area is 179 Å². The smallest absolute Gasteiger partial charge is 0.349 e. The lowest BCUT2D eigenvalue weighted by atomic mass is 9.75. The Kier molecular flexibility index (Phi) is 7.36. The second-order valence-electron chi connectivity index (χ2n) is 8.66. The quantitative estimate of drug-likeness (QED) is 0.403. The Morgan fingerprint density at radius 1 is 1.23 bits per heavy atom. The van der Waals surface area contributed by atoms with Gasteiger partial charge in [-0.3, -0.25) is 4.79 Å². The predicted octanol–water partition coefficient (Wildman–Crippen LogP) is 4.00. The van der Waals surface area contributed by atoms with E-state index < -0.39 is 5.97 Å². The zero-order valence-corrected chi connectivity index (χ0v) is 18.4. The van der Waals surface area contributed by atoms with E-state index in [1.807, 2.05) is 30.9 Å². The standard InChI is InChI=1S/C24H33N3O3/c1-4-10-27-17(2)12-21(18(27)3)13-22(14-25)24(29)30-16-23(28)26-11-9-19-7-5-6-8-20(19)15-26/h12-13,19-20H,4-11,15-16H2,1-3H3/b22-13+/t19-,20+/m0/s1. The van der Waals surface area contributed by atoms with E-state index in [-0.39, 0.29) is 18.1 Å². The average molecular weight is 412 g/mol. The molecule has 2 heterocycles. The van der Waals surface area contributed by atoms with Crippen molar-refractivity contribution >= 4 is 18.0 Å². The third kappa shape index (κ3) is 4.95. The second kappa shape index (κ2) is 9.97. The number of esters is 1. The summed E-state index contributed by atoms with van der Waals surface area (Å²) in [6.07, 6.45) is 8.62. The van der Waals surface area contributed by atoms with Gasteiger partial charge in [-0.2, -0.15) is 5.26 Å². The van der Waals surface area contributed by atoms with E-state index in [1.54, 1.807) is 6.08 Å². The van der Waals surface area contributed by atoms with Gasteiger partial charge in [0.15, 0.2) is 6.61 Å². The maximum absolute atomic E-state index is 12.6. The summed E-state index contributed by atoms with van der Waals surface area (Å²) in [4.78, 5) is 26.8. The van der Waals surface area contributed by atoms with Crippen molar-refractivity contribution < 1.29 is 14.3 Å². The fourth-order valence-corrected chi connectivity index (χ4v) is 4.96. The van der Waals surface area contributed by atoms with Gasteiger partial charge in [-0.25, -0.2) is 4.79 Å². The number of aryl methyl sites for hydroxylation is 1. The highest BCUT2D eigenvalue weighted by atomic mass is 16.5. The van der Waals surface area contributed by atoms with Gasteiger partial charge in [0.05, 0.1) is 0 Å². The minimum Gasteiger partial charge on any atom is -0.451 e. The molecule has 0 unspecified atom stereocenters. The van der Waals surface area contributed by atoms with Gasteiger partial charge in [0, 0.05) is 31.0 Å². The molecule has 6 nitrogen and oxygen atoms in total. The summed E-state index contributed by atoms with van der Waals surface area (Å²) in [7, 11) is 0. The Bertz CT molecular complexity index is 862. The summed E-state index contributed by atoms with van der Waals surface area (Å²) in [5, 5.41) is 9.45. The van der Waals surface area contributed by atoms with Crippen LogP contribution in [0.3, 0.4) is 0 Å². The van der Waals surface area contributed by atoms with Crippen molar-refractivity contribution in [1.29, 1.82) is 5.26 Å². The Hall–Kier alpha value is -2.55. The normalized spacial score (nSPS) is 21.7. The Morgan fingerprint density at radius 3 is 2.67 bits per heavy atom. The zero-order valence-electron chi connectivity index (χ0n) is 18.4. The van der Waals surface area contributed by atoms with Crippen LogP contribution in [-0.4, -0.2) is 41.0 Å². The molecule has 1 aromatic heterocycles. The molecule has 30 heavy (non-hydrogen) atoms. The monoisotopic (exact) mass is 411 g/mol. The van der Waals surface area contributed by atoms with Gasteiger partial charge in [0.25, 0.3) is 5.91 Å². The van der Waals surface area contributed by atoms with E-state index in [4.69, 9.17) is 4.74 Å². The Morgan fingerprint density at radius 2 is 1.97 bits per heavy atom.